The second-order valence-electron chi connectivity index (χ2n) is 5.73. The molecule has 0 unspecified atom stereocenters. The predicted molar refractivity (Wildman–Crippen MR) is 104 cm³/mol. The number of carbonyl (C=O) groups excluding carboxylic acids is 1. The Hall–Kier alpha value is -2.53. The van der Waals surface area contributed by atoms with Gasteiger partial charge < -0.3 is 20.3 Å². The summed E-state index contributed by atoms with van der Waals surface area (Å²) >= 11 is 0. The third-order valence-electron chi connectivity index (χ3n) is 3.65. The maximum Gasteiger partial charge on any atom is 0.220 e. The zero-order chi connectivity index (χ0) is 19.5. The molecule has 0 atom stereocenters. The normalized spacial score (nSPS) is 9.88. The molecule has 0 radical (unpaired) electrons. The van der Waals surface area contributed by atoms with Crippen molar-refractivity contribution >= 4 is 5.91 Å². The molecule has 0 aromatic heterocycles. The molecule has 26 heavy (non-hydrogen) atoms. The molecule has 2 aromatic carbocycles. The van der Waals surface area contributed by atoms with E-state index in [-0.39, 0.29) is 24.8 Å². The van der Waals surface area contributed by atoms with Gasteiger partial charge in [-0.15, -0.1) is 0 Å². The quantitative estimate of drug-likeness (QED) is 0.701. The first kappa shape index (κ1) is 21.5. The Morgan fingerprint density at radius 2 is 1.65 bits per heavy atom. The van der Waals surface area contributed by atoms with Crippen molar-refractivity contribution in [2.24, 2.45) is 0 Å². The summed E-state index contributed by atoms with van der Waals surface area (Å²) in [6.45, 7) is 8.18. The summed E-state index contributed by atoms with van der Waals surface area (Å²) in [7, 11) is 0. The molecule has 3 N–H and O–H groups in total. The number of aliphatic hydroxyl groups excluding tert-OH is 1. The lowest BCUT2D eigenvalue weighted by molar-refractivity contribution is -0.121. The van der Waals surface area contributed by atoms with E-state index in [1.807, 2.05) is 39.8 Å². The fraction of sp³-hybridized carbons (Fsp3) is 0.381. The predicted octanol–water partition coefficient (Wildman–Crippen LogP) is 3.87. The summed E-state index contributed by atoms with van der Waals surface area (Å²) in [6, 6.07) is 10.6. The molecule has 5 heteroatoms. The van der Waals surface area contributed by atoms with Crippen molar-refractivity contribution in [2.45, 2.75) is 40.5 Å². The van der Waals surface area contributed by atoms with Crippen LogP contribution in [0.25, 0.3) is 0 Å². The van der Waals surface area contributed by atoms with Gasteiger partial charge in [-0.05, 0) is 61.2 Å². The van der Waals surface area contributed by atoms with Crippen molar-refractivity contribution in [3.63, 3.8) is 0 Å². The van der Waals surface area contributed by atoms with E-state index in [0.29, 0.717) is 18.6 Å². The van der Waals surface area contributed by atoms with Crippen LogP contribution in [0, 0.1) is 13.8 Å². The monoisotopic (exact) mass is 359 g/mol. The van der Waals surface area contributed by atoms with Crippen molar-refractivity contribution in [3.05, 3.63) is 53.1 Å². The average molecular weight is 359 g/mol. The van der Waals surface area contributed by atoms with Crippen LogP contribution in [0.2, 0.25) is 0 Å². The van der Waals surface area contributed by atoms with Gasteiger partial charge in [-0.2, -0.15) is 0 Å². The molecule has 0 aliphatic heterocycles. The van der Waals surface area contributed by atoms with Crippen LogP contribution in [-0.4, -0.2) is 29.3 Å². The van der Waals surface area contributed by atoms with E-state index in [0.717, 1.165) is 22.4 Å². The smallest absolute Gasteiger partial charge is 0.220 e. The molecule has 0 aliphatic rings. The summed E-state index contributed by atoms with van der Waals surface area (Å²) in [5.41, 5.74) is 3.06. The first-order chi connectivity index (χ1) is 12.5. The average Bonchev–Trinajstić information content (AvgIpc) is 2.64. The maximum atomic E-state index is 11.6. The second-order valence-corrected chi connectivity index (χ2v) is 5.73. The Morgan fingerprint density at radius 1 is 1.08 bits per heavy atom. The fourth-order valence-corrected chi connectivity index (χ4v) is 2.52. The number of ether oxygens (including phenoxy) is 1. The lowest BCUT2D eigenvalue weighted by Crippen LogP contribution is -2.26. The number of carbonyl (C=O) groups is 1. The lowest BCUT2D eigenvalue weighted by atomic mass is 10.0. The van der Waals surface area contributed by atoms with E-state index in [1.54, 1.807) is 24.3 Å². The van der Waals surface area contributed by atoms with Crippen molar-refractivity contribution in [1.82, 2.24) is 5.32 Å². The van der Waals surface area contributed by atoms with Crippen molar-refractivity contribution in [2.75, 3.05) is 13.2 Å². The van der Waals surface area contributed by atoms with Gasteiger partial charge in [0.1, 0.15) is 17.2 Å². The minimum Gasteiger partial charge on any atom is -0.508 e. The lowest BCUT2D eigenvalue weighted by Gasteiger charge is -2.14. The molecule has 0 bridgehead atoms. The van der Waals surface area contributed by atoms with Gasteiger partial charge in [-0.1, -0.05) is 26.0 Å². The largest absolute Gasteiger partial charge is 0.508 e. The Bertz CT molecular complexity index is 673. The molecule has 1 amide bonds. The van der Waals surface area contributed by atoms with Crippen LogP contribution in [0.3, 0.4) is 0 Å². The second kappa shape index (κ2) is 11.2. The van der Waals surface area contributed by atoms with Crippen LogP contribution in [0.5, 0.6) is 17.2 Å². The van der Waals surface area contributed by atoms with Crippen molar-refractivity contribution in [1.29, 1.82) is 0 Å². The molecule has 0 heterocycles. The van der Waals surface area contributed by atoms with E-state index in [9.17, 15) is 9.90 Å². The van der Waals surface area contributed by atoms with Crippen LogP contribution in [0.4, 0.5) is 0 Å². The summed E-state index contributed by atoms with van der Waals surface area (Å²) in [4.78, 5) is 11.6. The standard InChI is InChI=1S/C19H23NO4.C2H6/c1-13-11-15(3-8-18(23)20-9-10-21)12-14(2)19(13)24-17-6-4-16(22)5-7-17;1-2/h4-7,11-12,21-22H,3,8-10H2,1-2H3,(H,20,23);1-2H3. The van der Waals surface area contributed by atoms with Crippen molar-refractivity contribution in [3.8, 4) is 17.2 Å². The first-order valence-electron chi connectivity index (χ1n) is 8.94. The highest BCUT2D eigenvalue weighted by Gasteiger charge is 2.09. The molecule has 0 saturated heterocycles. The third kappa shape index (κ3) is 6.76. The zero-order valence-electron chi connectivity index (χ0n) is 16.0. The van der Waals surface area contributed by atoms with E-state index < -0.39 is 0 Å². The van der Waals surface area contributed by atoms with Crippen LogP contribution in [-0.2, 0) is 11.2 Å². The number of hydrogen-bond acceptors (Lipinski definition) is 4. The Kier molecular flexibility index (Phi) is 9.23. The number of amides is 1. The number of aryl methyl sites for hydroxylation is 3. The van der Waals surface area contributed by atoms with Crippen LogP contribution in [0.1, 0.15) is 37.0 Å². The van der Waals surface area contributed by atoms with Crippen LogP contribution in [0.15, 0.2) is 36.4 Å². The highest BCUT2D eigenvalue weighted by atomic mass is 16.5. The number of aliphatic hydroxyl groups is 1. The van der Waals surface area contributed by atoms with Gasteiger partial charge in [0.05, 0.1) is 6.61 Å². The highest BCUT2D eigenvalue weighted by Crippen LogP contribution is 2.30. The summed E-state index contributed by atoms with van der Waals surface area (Å²) in [6.07, 6.45) is 1.02. The molecule has 2 aromatic rings. The molecule has 0 spiro atoms. The van der Waals surface area contributed by atoms with Crippen LogP contribution >= 0.6 is 0 Å². The zero-order valence-corrected chi connectivity index (χ0v) is 16.0. The molecule has 142 valence electrons. The number of rotatable bonds is 7. The van der Waals surface area contributed by atoms with Crippen molar-refractivity contribution < 1.29 is 19.7 Å². The summed E-state index contributed by atoms with van der Waals surface area (Å²) < 4.78 is 5.91. The number of hydrogen-bond donors (Lipinski definition) is 3. The van der Waals surface area contributed by atoms with E-state index >= 15 is 0 Å². The molecular formula is C21H29NO4. The number of aromatic hydroxyl groups is 1. The Balaban J connectivity index is 0.00000163. The topological polar surface area (TPSA) is 78.8 Å². The molecular weight excluding hydrogens is 330 g/mol. The van der Waals surface area contributed by atoms with Gasteiger partial charge >= 0.3 is 0 Å². The number of benzene rings is 2. The number of phenolic OH excluding ortho intramolecular Hbond substituents is 1. The SMILES string of the molecule is CC.Cc1cc(CCC(=O)NCCO)cc(C)c1Oc1ccc(O)cc1. The van der Waals surface area contributed by atoms with Crippen LogP contribution < -0.4 is 10.1 Å². The summed E-state index contributed by atoms with van der Waals surface area (Å²) in [5.74, 6) is 1.58. The number of nitrogens with one attached hydrogen (secondary N) is 1. The third-order valence-corrected chi connectivity index (χ3v) is 3.65. The minimum absolute atomic E-state index is 0.0484. The van der Waals surface area contributed by atoms with E-state index in [4.69, 9.17) is 9.84 Å². The van der Waals surface area contributed by atoms with Gasteiger partial charge in [0.15, 0.2) is 0 Å². The summed E-state index contributed by atoms with van der Waals surface area (Å²) in [5, 5.41) is 20.7. The number of phenols is 1. The van der Waals surface area contributed by atoms with Gasteiger partial charge in [0.2, 0.25) is 5.91 Å². The molecule has 2 rings (SSSR count). The molecule has 5 nitrogen and oxygen atoms in total. The van der Waals surface area contributed by atoms with Gasteiger partial charge in [0, 0.05) is 13.0 Å². The maximum absolute atomic E-state index is 11.6. The van der Waals surface area contributed by atoms with Gasteiger partial charge in [-0.25, -0.2) is 0 Å². The minimum atomic E-state index is -0.0659. The van der Waals surface area contributed by atoms with Gasteiger partial charge in [0.25, 0.3) is 0 Å². The Labute approximate surface area is 155 Å². The fourth-order valence-electron chi connectivity index (χ4n) is 2.52. The first-order valence-corrected chi connectivity index (χ1v) is 8.94. The highest BCUT2D eigenvalue weighted by molar-refractivity contribution is 5.76. The molecule has 0 aliphatic carbocycles. The van der Waals surface area contributed by atoms with Gasteiger partial charge in [-0.3, -0.25) is 4.79 Å². The molecule has 0 fully saturated rings. The Morgan fingerprint density at radius 3 is 2.19 bits per heavy atom. The van der Waals surface area contributed by atoms with E-state index in [1.165, 1.54) is 0 Å². The van der Waals surface area contributed by atoms with E-state index in [2.05, 4.69) is 5.32 Å². The molecule has 0 saturated carbocycles.